The smallest absolute Gasteiger partial charge is 0.260 e. The zero-order valence-electron chi connectivity index (χ0n) is 18.0. The number of rotatable bonds is 5. The van der Waals surface area contributed by atoms with Crippen LogP contribution in [0.5, 0.6) is 11.5 Å². The van der Waals surface area contributed by atoms with Crippen LogP contribution in [-0.4, -0.2) is 17.1 Å². The normalized spacial score (nSPS) is 13.5. The van der Waals surface area contributed by atoms with Crippen molar-refractivity contribution in [3.63, 3.8) is 0 Å². The molecule has 0 saturated heterocycles. The second-order valence-corrected chi connectivity index (χ2v) is 9.99. The van der Waals surface area contributed by atoms with Crippen molar-refractivity contribution in [3.8, 4) is 22.9 Å². The molecule has 2 heterocycles. The molecule has 1 N–H and O–H groups in total. The Kier molecular flexibility index (Phi) is 6.32. The van der Waals surface area contributed by atoms with Crippen molar-refractivity contribution in [1.82, 2.24) is 9.97 Å². The Balaban J connectivity index is 1.49. The lowest BCUT2D eigenvalue weighted by atomic mass is 10.1. The highest BCUT2D eigenvalue weighted by Crippen LogP contribution is 2.40. The van der Waals surface area contributed by atoms with E-state index in [2.05, 4.69) is 4.98 Å². The SMILES string of the molecule is COc1cc(-c2nc3sc4c(c3c(=O)[nH]2)CCCCC4)cc(Cl)c1OCc1ccc(Cl)cc1. The largest absolute Gasteiger partial charge is 0.493 e. The molecule has 0 bridgehead atoms. The lowest BCUT2D eigenvalue weighted by Crippen LogP contribution is -2.10. The third-order valence-corrected chi connectivity index (χ3v) is 7.59. The van der Waals surface area contributed by atoms with Gasteiger partial charge in [0.25, 0.3) is 5.56 Å². The molecule has 0 atom stereocenters. The van der Waals surface area contributed by atoms with Crippen LogP contribution < -0.4 is 15.0 Å². The Morgan fingerprint density at radius 2 is 1.88 bits per heavy atom. The molecular formula is C25H22Cl2N2O3S. The first kappa shape index (κ1) is 22.3. The Bertz CT molecular complexity index is 1380. The number of hydrogen-bond acceptors (Lipinski definition) is 5. The predicted octanol–water partition coefficient (Wildman–Crippen LogP) is 6.81. The van der Waals surface area contributed by atoms with Crippen LogP contribution in [0.1, 0.15) is 35.3 Å². The highest BCUT2D eigenvalue weighted by Gasteiger charge is 2.20. The summed E-state index contributed by atoms with van der Waals surface area (Å²) in [7, 11) is 1.56. The molecule has 33 heavy (non-hydrogen) atoms. The predicted molar refractivity (Wildman–Crippen MR) is 134 cm³/mol. The molecule has 2 aromatic heterocycles. The van der Waals surface area contributed by atoms with Gasteiger partial charge in [0.2, 0.25) is 0 Å². The van der Waals surface area contributed by atoms with Crippen molar-refractivity contribution in [2.24, 2.45) is 0 Å². The van der Waals surface area contributed by atoms with Gasteiger partial charge in [0.15, 0.2) is 11.5 Å². The van der Waals surface area contributed by atoms with Gasteiger partial charge in [-0.15, -0.1) is 11.3 Å². The molecule has 0 unspecified atom stereocenters. The van der Waals surface area contributed by atoms with E-state index in [0.717, 1.165) is 41.5 Å². The van der Waals surface area contributed by atoms with E-state index in [1.54, 1.807) is 30.6 Å². The number of hydrogen-bond donors (Lipinski definition) is 1. The van der Waals surface area contributed by atoms with E-state index in [1.807, 2.05) is 24.3 Å². The van der Waals surface area contributed by atoms with Gasteiger partial charge in [0.1, 0.15) is 17.3 Å². The lowest BCUT2D eigenvalue weighted by molar-refractivity contribution is 0.285. The molecule has 0 radical (unpaired) electrons. The maximum absolute atomic E-state index is 13.0. The number of aryl methyl sites for hydroxylation is 2. The number of fused-ring (bicyclic) bond motifs is 3. The van der Waals surface area contributed by atoms with Crippen LogP contribution in [0, 0.1) is 0 Å². The van der Waals surface area contributed by atoms with Gasteiger partial charge in [0, 0.05) is 15.5 Å². The number of H-pyrrole nitrogens is 1. The van der Waals surface area contributed by atoms with Gasteiger partial charge in [-0.3, -0.25) is 4.79 Å². The third kappa shape index (κ3) is 4.47. The highest BCUT2D eigenvalue weighted by molar-refractivity contribution is 7.18. The molecule has 0 fully saturated rings. The summed E-state index contributed by atoms with van der Waals surface area (Å²) in [6, 6.07) is 10.9. The minimum atomic E-state index is -0.104. The van der Waals surface area contributed by atoms with Crippen LogP contribution in [-0.2, 0) is 19.4 Å². The third-order valence-electron chi connectivity index (χ3n) is 5.87. The van der Waals surface area contributed by atoms with E-state index in [9.17, 15) is 4.79 Å². The van der Waals surface area contributed by atoms with Crippen LogP contribution in [0.15, 0.2) is 41.2 Å². The van der Waals surface area contributed by atoms with Crippen molar-refractivity contribution in [1.29, 1.82) is 0 Å². The molecule has 5 nitrogen and oxygen atoms in total. The molecule has 1 aliphatic carbocycles. The van der Waals surface area contributed by atoms with Crippen LogP contribution >= 0.6 is 34.5 Å². The van der Waals surface area contributed by atoms with Crippen molar-refractivity contribution in [2.75, 3.05) is 7.11 Å². The van der Waals surface area contributed by atoms with Gasteiger partial charge >= 0.3 is 0 Å². The molecule has 0 amide bonds. The Morgan fingerprint density at radius 1 is 1.09 bits per heavy atom. The fraction of sp³-hybridized carbons (Fsp3) is 0.280. The van der Waals surface area contributed by atoms with E-state index < -0.39 is 0 Å². The molecule has 1 aliphatic rings. The number of nitrogens with zero attached hydrogens (tertiary/aromatic N) is 1. The topological polar surface area (TPSA) is 64.2 Å². The number of methoxy groups -OCH3 is 1. The molecular weight excluding hydrogens is 479 g/mol. The van der Waals surface area contributed by atoms with Crippen molar-refractivity contribution in [3.05, 3.63) is 72.8 Å². The summed E-state index contributed by atoms with van der Waals surface area (Å²) < 4.78 is 11.5. The molecule has 4 aromatic rings. The standard InChI is InChI=1S/C25H22Cl2N2O3S/c1-31-19-12-15(11-18(27)22(19)32-13-14-7-9-16(26)10-8-14)23-28-24(30)21-17-5-3-2-4-6-20(17)33-25(21)29-23/h7-12H,2-6,13H2,1H3,(H,28,29,30). The first-order valence-electron chi connectivity index (χ1n) is 10.8. The lowest BCUT2D eigenvalue weighted by Gasteiger charge is -2.14. The summed E-state index contributed by atoms with van der Waals surface area (Å²) in [6.45, 7) is 0.314. The minimum absolute atomic E-state index is 0.104. The molecule has 0 aliphatic heterocycles. The van der Waals surface area contributed by atoms with E-state index in [4.69, 9.17) is 37.7 Å². The van der Waals surface area contributed by atoms with Gasteiger partial charge in [-0.05, 0) is 61.1 Å². The summed E-state index contributed by atoms with van der Waals surface area (Å²) in [5, 5.41) is 1.78. The number of benzene rings is 2. The Morgan fingerprint density at radius 3 is 2.67 bits per heavy atom. The zero-order chi connectivity index (χ0) is 22.9. The molecule has 170 valence electrons. The van der Waals surface area contributed by atoms with Gasteiger partial charge in [-0.2, -0.15) is 0 Å². The average Bonchev–Trinajstić information content (AvgIpc) is 3.00. The summed E-state index contributed by atoms with van der Waals surface area (Å²) in [5.74, 6) is 1.37. The summed E-state index contributed by atoms with van der Waals surface area (Å²) in [4.78, 5) is 22.8. The van der Waals surface area contributed by atoms with E-state index >= 15 is 0 Å². The number of nitrogens with one attached hydrogen (secondary N) is 1. The monoisotopic (exact) mass is 500 g/mol. The van der Waals surface area contributed by atoms with Crippen LogP contribution in [0.4, 0.5) is 0 Å². The first-order valence-corrected chi connectivity index (χ1v) is 12.4. The summed E-state index contributed by atoms with van der Waals surface area (Å²) in [5.41, 5.74) is 2.69. The minimum Gasteiger partial charge on any atom is -0.493 e. The maximum atomic E-state index is 13.0. The maximum Gasteiger partial charge on any atom is 0.260 e. The number of halogens is 2. The van der Waals surface area contributed by atoms with E-state index in [1.165, 1.54) is 16.9 Å². The van der Waals surface area contributed by atoms with Gasteiger partial charge in [-0.25, -0.2) is 4.98 Å². The fourth-order valence-electron chi connectivity index (χ4n) is 4.21. The Hall–Kier alpha value is -2.54. The van der Waals surface area contributed by atoms with Gasteiger partial charge < -0.3 is 14.5 Å². The van der Waals surface area contributed by atoms with E-state index in [0.29, 0.717) is 39.5 Å². The zero-order valence-corrected chi connectivity index (χ0v) is 20.4. The first-order chi connectivity index (χ1) is 16.0. The number of aromatic amines is 1. The van der Waals surface area contributed by atoms with Crippen molar-refractivity contribution >= 4 is 44.8 Å². The second kappa shape index (κ2) is 9.37. The number of thiophene rings is 1. The number of aromatic nitrogens is 2. The average molecular weight is 501 g/mol. The summed E-state index contributed by atoms with van der Waals surface area (Å²) >= 11 is 14.1. The fourth-order valence-corrected chi connectivity index (χ4v) is 5.86. The summed E-state index contributed by atoms with van der Waals surface area (Å²) in [6.07, 6.45) is 5.44. The second-order valence-electron chi connectivity index (χ2n) is 8.06. The quantitative estimate of drug-likeness (QED) is 0.305. The van der Waals surface area contributed by atoms with Crippen molar-refractivity contribution in [2.45, 2.75) is 38.7 Å². The highest BCUT2D eigenvalue weighted by atomic mass is 35.5. The molecule has 0 saturated carbocycles. The van der Waals surface area contributed by atoms with Gasteiger partial charge in [0.05, 0.1) is 17.5 Å². The van der Waals surface area contributed by atoms with E-state index in [-0.39, 0.29) is 5.56 Å². The van der Waals surface area contributed by atoms with Crippen LogP contribution in [0.2, 0.25) is 10.0 Å². The molecule has 0 spiro atoms. The number of ether oxygens (including phenoxy) is 2. The van der Waals surface area contributed by atoms with Crippen molar-refractivity contribution < 1.29 is 9.47 Å². The Labute approximate surface area is 205 Å². The molecule has 8 heteroatoms. The molecule has 2 aromatic carbocycles. The van der Waals surface area contributed by atoms with Gasteiger partial charge in [-0.1, -0.05) is 41.8 Å². The van der Waals surface area contributed by atoms with Crippen LogP contribution in [0.25, 0.3) is 21.6 Å². The van der Waals surface area contributed by atoms with Crippen LogP contribution in [0.3, 0.4) is 0 Å². The molecule has 5 rings (SSSR count).